The van der Waals surface area contributed by atoms with Crippen molar-refractivity contribution in [2.45, 2.75) is 13.3 Å². The number of pyridine rings is 1. The first-order valence-electron chi connectivity index (χ1n) is 3.53. The standard InChI is InChI=1S/C8H7F2NO2/c1-4-7(8(9)10)6(13)2-5(3-12)11-4/h2-3,8H,1H3,(H,11,13). The van der Waals surface area contributed by atoms with Crippen LogP contribution in [0.1, 0.15) is 28.2 Å². The van der Waals surface area contributed by atoms with Gasteiger partial charge in [-0.05, 0) is 6.92 Å². The highest BCUT2D eigenvalue weighted by Crippen LogP contribution is 2.16. The van der Waals surface area contributed by atoms with Gasteiger partial charge in [-0.3, -0.25) is 9.59 Å². The number of halogens is 2. The lowest BCUT2D eigenvalue weighted by Crippen LogP contribution is -2.13. The topological polar surface area (TPSA) is 49.9 Å². The molecule has 0 atom stereocenters. The molecule has 1 heterocycles. The molecule has 0 aliphatic heterocycles. The molecule has 0 saturated heterocycles. The lowest BCUT2D eigenvalue weighted by atomic mass is 10.2. The summed E-state index contributed by atoms with van der Waals surface area (Å²) in [5.74, 6) is 0. The normalized spacial score (nSPS) is 10.5. The van der Waals surface area contributed by atoms with Crippen molar-refractivity contribution in [3.8, 4) is 0 Å². The zero-order chi connectivity index (χ0) is 10.0. The Kier molecular flexibility index (Phi) is 2.55. The van der Waals surface area contributed by atoms with Gasteiger partial charge in [0.15, 0.2) is 11.7 Å². The molecule has 3 nitrogen and oxygen atoms in total. The summed E-state index contributed by atoms with van der Waals surface area (Å²) >= 11 is 0. The SMILES string of the molecule is Cc1[nH]c(C=O)cc(=O)c1C(F)F. The molecule has 0 bridgehead atoms. The number of hydrogen-bond acceptors (Lipinski definition) is 2. The summed E-state index contributed by atoms with van der Waals surface area (Å²) < 4.78 is 24.4. The highest BCUT2D eigenvalue weighted by Gasteiger charge is 2.15. The average Bonchev–Trinajstić information content (AvgIpc) is 2.02. The van der Waals surface area contributed by atoms with Gasteiger partial charge in [0.05, 0.1) is 11.3 Å². The smallest absolute Gasteiger partial charge is 0.269 e. The van der Waals surface area contributed by atoms with Gasteiger partial charge < -0.3 is 4.98 Å². The van der Waals surface area contributed by atoms with Crippen molar-refractivity contribution in [2.24, 2.45) is 0 Å². The van der Waals surface area contributed by atoms with E-state index in [1.54, 1.807) is 0 Å². The lowest BCUT2D eigenvalue weighted by molar-refractivity contribution is 0.111. The van der Waals surface area contributed by atoms with Crippen molar-refractivity contribution in [1.82, 2.24) is 4.98 Å². The minimum atomic E-state index is -2.82. The van der Waals surface area contributed by atoms with E-state index < -0.39 is 17.4 Å². The molecule has 1 aromatic rings. The molecule has 1 N–H and O–H groups in total. The van der Waals surface area contributed by atoms with Gasteiger partial charge in [-0.15, -0.1) is 0 Å². The molecular formula is C8H7F2NO2. The Hall–Kier alpha value is -1.52. The van der Waals surface area contributed by atoms with Crippen LogP contribution >= 0.6 is 0 Å². The molecule has 0 spiro atoms. The zero-order valence-corrected chi connectivity index (χ0v) is 6.80. The minimum Gasteiger partial charge on any atom is -0.356 e. The first-order chi connectivity index (χ1) is 6.06. The Morgan fingerprint density at radius 2 is 2.15 bits per heavy atom. The van der Waals surface area contributed by atoms with Gasteiger partial charge in [-0.1, -0.05) is 0 Å². The van der Waals surface area contributed by atoms with Crippen LogP contribution in [0.5, 0.6) is 0 Å². The Morgan fingerprint density at radius 3 is 2.54 bits per heavy atom. The molecule has 1 rings (SSSR count). The quantitative estimate of drug-likeness (QED) is 0.712. The number of aromatic nitrogens is 1. The summed E-state index contributed by atoms with van der Waals surface area (Å²) in [6.07, 6.45) is -2.41. The van der Waals surface area contributed by atoms with E-state index >= 15 is 0 Å². The first-order valence-corrected chi connectivity index (χ1v) is 3.53. The van der Waals surface area contributed by atoms with E-state index in [0.717, 1.165) is 6.07 Å². The maximum absolute atomic E-state index is 12.2. The predicted octanol–water partition coefficient (Wildman–Crippen LogP) is 1.43. The van der Waals surface area contributed by atoms with Crippen LogP contribution in [-0.2, 0) is 0 Å². The van der Waals surface area contributed by atoms with Gasteiger partial charge in [0.25, 0.3) is 6.43 Å². The number of alkyl halides is 2. The fourth-order valence-corrected chi connectivity index (χ4v) is 1.06. The van der Waals surface area contributed by atoms with Crippen molar-refractivity contribution in [3.05, 3.63) is 33.2 Å². The van der Waals surface area contributed by atoms with Crippen molar-refractivity contribution in [1.29, 1.82) is 0 Å². The van der Waals surface area contributed by atoms with E-state index in [9.17, 15) is 18.4 Å². The molecule has 0 fully saturated rings. The fraction of sp³-hybridized carbons (Fsp3) is 0.250. The van der Waals surface area contributed by atoms with Gasteiger partial charge in [0.2, 0.25) is 0 Å². The number of carbonyl (C=O) groups is 1. The lowest BCUT2D eigenvalue weighted by Gasteiger charge is -2.03. The highest BCUT2D eigenvalue weighted by molar-refractivity contribution is 5.71. The van der Waals surface area contributed by atoms with Crippen LogP contribution < -0.4 is 5.43 Å². The van der Waals surface area contributed by atoms with Crippen LogP contribution in [0.2, 0.25) is 0 Å². The number of carbonyl (C=O) groups excluding carboxylic acids is 1. The Bertz CT molecular complexity index is 384. The van der Waals surface area contributed by atoms with E-state index in [0.29, 0.717) is 6.29 Å². The summed E-state index contributed by atoms with van der Waals surface area (Å²) in [5.41, 5.74) is -1.35. The Morgan fingerprint density at radius 1 is 1.54 bits per heavy atom. The summed E-state index contributed by atoms with van der Waals surface area (Å²) in [5, 5.41) is 0. The monoisotopic (exact) mass is 187 g/mol. The van der Waals surface area contributed by atoms with Crippen LogP contribution in [0.4, 0.5) is 8.78 Å². The fourth-order valence-electron chi connectivity index (χ4n) is 1.06. The van der Waals surface area contributed by atoms with Crippen molar-refractivity contribution < 1.29 is 13.6 Å². The molecule has 13 heavy (non-hydrogen) atoms. The molecule has 0 aliphatic carbocycles. The Balaban J connectivity index is 3.40. The van der Waals surface area contributed by atoms with E-state index in [1.807, 2.05) is 0 Å². The predicted molar refractivity (Wildman–Crippen MR) is 42.1 cm³/mol. The van der Waals surface area contributed by atoms with Crippen LogP contribution in [0.25, 0.3) is 0 Å². The molecule has 70 valence electrons. The van der Waals surface area contributed by atoms with E-state index in [1.165, 1.54) is 6.92 Å². The zero-order valence-electron chi connectivity index (χ0n) is 6.80. The van der Waals surface area contributed by atoms with Crippen LogP contribution in [-0.4, -0.2) is 11.3 Å². The number of rotatable bonds is 2. The number of aromatic amines is 1. The Labute approximate surface area is 72.4 Å². The maximum atomic E-state index is 12.2. The molecule has 0 saturated carbocycles. The maximum Gasteiger partial charge on any atom is 0.269 e. The number of hydrogen-bond donors (Lipinski definition) is 1. The second kappa shape index (κ2) is 3.47. The third-order valence-electron chi connectivity index (χ3n) is 1.63. The van der Waals surface area contributed by atoms with Crippen LogP contribution in [0, 0.1) is 6.92 Å². The third-order valence-corrected chi connectivity index (χ3v) is 1.63. The van der Waals surface area contributed by atoms with Crippen molar-refractivity contribution in [3.63, 3.8) is 0 Å². The first kappa shape index (κ1) is 9.57. The van der Waals surface area contributed by atoms with E-state index in [-0.39, 0.29) is 11.4 Å². The summed E-state index contributed by atoms with van der Waals surface area (Å²) in [7, 11) is 0. The molecule has 0 radical (unpaired) electrons. The van der Waals surface area contributed by atoms with E-state index in [2.05, 4.69) is 4.98 Å². The summed E-state index contributed by atoms with van der Waals surface area (Å²) in [6.45, 7) is 1.33. The van der Waals surface area contributed by atoms with Gasteiger partial charge in [-0.2, -0.15) is 0 Å². The molecule has 0 aromatic carbocycles. The number of H-pyrrole nitrogens is 1. The molecule has 5 heteroatoms. The summed E-state index contributed by atoms with van der Waals surface area (Å²) in [6, 6.07) is 0.863. The van der Waals surface area contributed by atoms with Crippen molar-refractivity contribution in [2.75, 3.05) is 0 Å². The van der Waals surface area contributed by atoms with Crippen molar-refractivity contribution >= 4 is 6.29 Å². The molecule has 0 amide bonds. The van der Waals surface area contributed by atoms with Crippen LogP contribution in [0.3, 0.4) is 0 Å². The van der Waals surface area contributed by atoms with Gasteiger partial charge in [-0.25, -0.2) is 8.78 Å². The van der Waals surface area contributed by atoms with Gasteiger partial charge in [0.1, 0.15) is 0 Å². The molecule has 1 aromatic heterocycles. The third kappa shape index (κ3) is 1.80. The molecule has 0 unspecified atom stereocenters. The van der Waals surface area contributed by atoms with E-state index in [4.69, 9.17) is 0 Å². The number of nitrogens with one attached hydrogen (secondary N) is 1. The van der Waals surface area contributed by atoms with Gasteiger partial charge >= 0.3 is 0 Å². The van der Waals surface area contributed by atoms with Crippen LogP contribution in [0.15, 0.2) is 10.9 Å². The summed E-state index contributed by atoms with van der Waals surface area (Å²) in [4.78, 5) is 23.6. The van der Waals surface area contributed by atoms with Gasteiger partial charge in [0, 0.05) is 11.8 Å². The highest BCUT2D eigenvalue weighted by atomic mass is 19.3. The average molecular weight is 187 g/mol. The molecular weight excluding hydrogens is 180 g/mol. The number of aryl methyl sites for hydroxylation is 1. The molecule has 0 aliphatic rings. The second-order valence-electron chi connectivity index (χ2n) is 2.55. The largest absolute Gasteiger partial charge is 0.356 e. The number of aldehydes is 1. The minimum absolute atomic E-state index is 0.00639. The second-order valence-corrected chi connectivity index (χ2v) is 2.55.